The maximum Gasteiger partial charge on any atom is 0.261 e. The Bertz CT molecular complexity index is 1030. The van der Waals surface area contributed by atoms with Crippen molar-refractivity contribution < 1.29 is 22.7 Å². The van der Waals surface area contributed by atoms with Crippen molar-refractivity contribution in [1.29, 1.82) is 0 Å². The molecule has 1 aliphatic rings. The van der Waals surface area contributed by atoms with E-state index >= 15 is 0 Å². The van der Waals surface area contributed by atoms with Crippen molar-refractivity contribution in [3.05, 3.63) is 48.0 Å². The predicted molar refractivity (Wildman–Crippen MR) is 114 cm³/mol. The number of rotatable bonds is 6. The summed E-state index contributed by atoms with van der Waals surface area (Å²) < 4.78 is 33.5. The molecule has 3 rings (SSSR count). The maximum atomic E-state index is 12.9. The molecule has 2 aromatic carbocycles. The molecule has 0 spiro atoms. The Morgan fingerprint density at radius 2 is 1.60 bits per heavy atom. The first-order chi connectivity index (χ1) is 14.3. The zero-order valence-corrected chi connectivity index (χ0v) is 17.8. The van der Waals surface area contributed by atoms with Crippen LogP contribution < -0.4 is 14.8 Å². The van der Waals surface area contributed by atoms with Gasteiger partial charge in [-0.25, -0.2) is 8.42 Å². The molecule has 2 aromatic rings. The van der Waals surface area contributed by atoms with Crippen molar-refractivity contribution in [3.8, 4) is 5.75 Å². The minimum absolute atomic E-state index is 0.0328. The van der Waals surface area contributed by atoms with Gasteiger partial charge in [0.1, 0.15) is 5.75 Å². The van der Waals surface area contributed by atoms with E-state index in [1.807, 2.05) is 0 Å². The molecule has 0 saturated carbocycles. The second kappa shape index (κ2) is 9.17. The molecule has 160 valence electrons. The lowest BCUT2D eigenvalue weighted by Gasteiger charge is -2.27. The van der Waals surface area contributed by atoms with Crippen LogP contribution in [0.1, 0.15) is 36.5 Å². The molecule has 1 saturated heterocycles. The number of anilines is 2. The van der Waals surface area contributed by atoms with E-state index in [1.165, 1.54) is 32.2 Å². The Morgan fingerprint density at radius 3 is 2.20 bits per heavy atom. The van der Waals surface area contributed by atoms with Gasteiger partial charge in [0.25, 0.3) is 15.9 Å². The number of carbonyl (C=O) groups excluding carboxylic acids is 2. The molecular weight excluding hydrogens is 406 g/mol. The molecule has 9 heteroatoms. The molecule has 0 bridgehead atoms. The van der Waals surface area contributed by atoms with E-state index in [0.717, 1.165) is 19.3 Å². The summed E-state index contributed by atoms with van der Waals surface area (Å²) in [6.45, 7) is 2.69. The van der Waals surface area contributed by atoms with E-state index in [4.69, 9.17) is 4.74 Å². The zero-order chi connectivity index (χ0) is 21.7. The van der Waals surface area contributed by atoms with E-state index in [2.05, 4.69) is 10.0 Å². The number of carbonyl (C=O) groups is 2. The van der Waals surface area contributed by atoms with Gasteiger partial charge in [0.2, 0.25) is 5.91 Å². The van der Waals surface area contributed by atoms with Crippen LogP contribution in [0.15, 0.2) is 47.4 Å². The molecule has 2 N–H and O–H groups in total. The third kappa shape index (κ3) is 5.10. The molecule has 1 heterocycles. The van der Waals surface area contributed by atoms with E-state index < -0.39 is 10.0 Å². The molecular formula is C21H25N3O5S. The quantitative estimate of drug-likeness (QED) is 0.731. The second-order valence-corrected chi connectivity index (χ2v) is 8.76. The third-order valence-corrected chi connectivity index (χ3v) is 6.19. The van der Waals surface area contributed by atoms with Crippen LogP contribution in [0.4, 0.5) is 11.4 Å². The van der Waals surface area contributed by atoms with Crippen LogP contribution in [-0.4, -0.2) is 45.3 Å². The number of hydrogen-bond acceptors (Lipinski definition) is 5. The number of amides is 2. The Labute approximate surface area is 176 Å². The lowest BCUT2D eigenvalue weighted by atomic mass is 10.1. The van der Waals surface area contributed by atoms with Crippen molar-refractivity contribution in [2.24, 2.45) is 0 Å². The standard InChI is InChI=1S/C21H25N3O5S/c1-15(25)22-16-6-8-17(9-7-16)23-30(27,28)18-10-11-20(29-2)19(14-18)21(26)24-12-4-3-5-13-24/h6-11,14,23H,3-5,12-13H2,1-2H3,(H,22,25). The number of nitrogens with zero attached hydrogens (tertiary/aromatic N) is 1. The summed E-state index contributed by atoms with van der Waals surface area (Å²) in [4.78, 5) is 25.7. The van der Waals surface area contributed by atoms with Gasteiger partial charge in [0, 0.05) is 31.4 Å². The highest BCUT2D eigenvalue weighted by atomic mass is 32.2. The summed E-state index contributed by atoms with van der Waals surface area (Å²) in [6.07, 6.45) is 2.95. The summed E-state index contributed by atoms with van der Waals surface area (Å²) in [7, 11) is -2.47. The topological polar surface area (TPSA) is 105 Å². The molecule has 0 atom stereocenters. The lowest BCUT2D eigenvalue weighted by molar-refractivity contribution is -0.114. The van der Waals surface area contributed by atoms with Gasteiger partial charge in [-0.1, -0.05) is 0 Å². The minimum atomic E-state index is -3.92. The fraction of sp³-hybridized carbons (Fsp3) is 0.333. The van der Waals surface area contributed by atoms with Gasteiger partial charge < -0.3 is 15.0 Å². The Balaban J connectivity index is 1.84. The van der Waals surface area contributed by atoms with Crippen LogP contribution in [0.3, 0.4) is 0 Å². The van der Waals surface area contributed by atoms with Gasteiger partial charge in [0.15, 0.2) is 0 Å². The van der Waals surface area contributed by atoms with Crippen LogP contribution >= 0.6 is 0 Å². The summed E-state index contributed by atoms with van der Waals surface area (Å²) in [5.74, 6) is -0.111. The van der Waals surface area contributed by atoms with Crippen LogP contribution in [0, 0.1) is 0 Å². The number of piperidine rings is 1. The first-order valence-electron chi connectivity index (χ1n) is 9.68. The number of hydrogen-bond donors (Lipinski definition) is 2. The van der Waals surface area contributed by atoms with Gasteiger partial charge in [-0.3, -0.25) is 14.3 Å². The highest BCUT2D eigenvalue weighted by Gasteiger charge is 2.24. The van der Waals surface area contributed by atoms with Crippen LogP contribution in [0.5, 0.6) is 5.75 Å². The molecule has 8 nitrogen and oxygen atoms in total. The second-order valence-electron chi connectivity index (χ2n) is 7.08. The van der Waals surface area contributed by atoms with Crippen molar-refractivity contribution in [2.45, 2.75) is 31.1 Å². The minimum Gasteiger partial charge on any atom is -0.496 e. The molecule has 0 aliphatic carbocycles. The van der Waals surface area contributed by atoms with Gasteiger partial charge >= 0.3 is 0 Å². The smallest absolute Gasteiger partial charge is 0.261 e. The van der Waals surface area contributed by atoms with E-state index in [1.54, 1.807) is 29.2 Å². The average Bonchev–Trinajstić information content (AvgIpc) is 2.74. The predicted octanol–water partition coefficient (Wildman–Crippen LogP) is 3.08. The van der Waals surface area contributed by atoms with Crippen molar-refractivity contribution in [3.63, 3.8) is 0 Å². The molecule has 0 unspecified atom stereocenters. The molecule has 0 radical (unpaired) electrons. The Hall–Kier alpha value is -3.07. The molecule has 2 amide bonds. The Kier molecular flexibility index (Phi) is 6.61. The number of ether oxygens (including phenoxy) is 1. The maximum absolute atomic E-state index is 12.9. The number of benzene rings is 2. The van der Waals surface area contributed by atoms with Crippen molar-refractivity contribution >= 4 is 33.2 Å². The third-order valence-electron chi connectivity index (χ3n) is 4.81. The summed E-state index contributed by atoms with van der Waals surface area (Å²) in [5.41, 5.74) is 1.12. The summed E-state index contributed by atoms with van der Waals surface area (Å²) in [6, 6.07) is 10.5. The average molecular weight is 432 g/mol. The summed E-state index contributed by atoms with van der Waals surface area (Å²) >= 11 is 0. The molecule has 30 heavy (non-hydrogen) atoms. The first-order valence-corrected chi connectivity index (χ1v) is 11.2. The SMILES string of the molecule is COc1ccc(S(=O)(=O)Nc2ccc(NC(C)=O)cc2)cc1C(=O)N1CCCCC1. The van der Waals surface area contributed by atoms with Crippen LogP contribution in [0.2, 0.25) is 0 Å². The van der Waals surface area contributed by atoms with Gasteiger partial charge in [-0.2, -0.15) is 0 Å². The normalized spacial score (nSPS) is 14.1. The fourth-order valence-electron chi connectivity index (χ4n) is 3.33. The highest BCUT2D eigenvalue weighted by molar-refractivity contribution is 7.92. The fourth-order valence-corrected chi connectivity index (χ4v) is 4.41. The monoisotopic (exact) mass is 431 g/mol. The van der Waals surface area contributed by atoms with Gasteiger partial charge in [0.05, 0.1) is 17.6 Å². The molecule has 1 fully saturated rings. The number of likely N-dealkylation sites (tertiary alicyclic amines) is 1. The van der Waals surface area contributed by atoms with Crippen molar-refractivity contribution in [1.82, 2.24) is 4.90 Å². The highest BCUT2D eigenvalue weighted by Crippen LogP contribution is 2.26. The molecule has 0 aromatic heterocycles. The van der Waals surface area contributed by atoms with Gasteiger partial charge in [-0.15, -0.1) is 0 Å². The van der Waals surface area contributed by atoms with E-state index in [9.17, 15) is 18.0 Å². The first kappa shape index (κ1) is 21.6. The Morgan fingerprint density at radius 1 is 0.967 bits per heavy atom. The zero-order valence-electron chi connectivity index (χ0n) is 17.0. The number of methoxy groups -OCH3 is 1. The largest absolute Gasteiger partial charge is 0.496 e. The van der Waals surface area contributed by atoms with Gasteiger partial charge in [-0.05, 0) is 61.7 Å². The number of sulfonamides is 1. The van der Waals surface area contributed by atoms with E-state index in [-0.39, 0.29) is 22.3 Å². The molecule has 1 aliphatic heterocycles. The van der Waals surface area contributed by atoms with Crippen molar-refractivity contribution in [2.75, 3.05) is 30.2 Å². The summed E-state index contributed by atoms with van der Waals surface area (Å²) in [5, 5.41) is 2.62. The van der Waals surface area contributed by atoms with Crippen LogP contribution in [0.25, 0.3) is 0 Å². The van der Waals surface area contributed by atoms with E-state index in [0.29, 0.717) is 30.2 Å². The number of nitrogens with one attached hydrogen (secondary N) is 2. The lowest BCUT2D eigenvalue weighted by Crippen LogP contribution is -2.35. The van der Waals surface area contributed by atoms with Crippen LogP contribution in [-0.2, 0) is 14.8 Å².